The molecule has 0 atom stereocenters. The number of carbonyl (C=O) groups is 1. The van der Waals surface area contributed by atoms with Crippen molar-refractivity contribution in [2.24, 2.45) is 5.73 Å². The van der Waals surface area contributed by atoms with E-state index in [0.717, 1.165) is 32.9 Å². The zero-order valence-electron chi connectivity index (χ0n) is 17.6. The Morgan fingerprint density at radius 3 is 2.42 bits per heavy atom. The zero-order valence-corrected chi connectivity index (χ0v) is 17.6. The molecule has 1 radical (unpaired) electrons. The van der Waals surface area contributed by atoms with Gasteiger partial charge >= 0.3 is 0 Å². The first-order valence-electron chi connectivity index (χ1n) is 10.4. The summed E-state index contributed by atoms with van der Waals surface area (Å²) in [7, 11) is 0. The Labute approximate surface area is 181 Å². The molecule has 0 saturated heterocycles. The quantitative estimate of drug-likeness (QED) is 0.391. The maximum Gasteiger partial charge on any atom is 0.249 e. The Morgan fingerprint density at radius 2 is 1.68 bits per heavy atom. The molecule has 0 aliphatic rings. The van der Waals surface area contributed by atoms with Crippen molar-refractivity contribution < 1.29 is 4.79 Å². The minimum absolute atomic E-state index is 0.420. The van der Waals surface area contributed by atoms with Crippen LogP contribution in [0.3, 0.4) is 0 Å². The standard InChI is InChI=1S/C28H23N2O/c1-18-11-12-20(15-19(18)2)17-30-25-10-6-9-24(28(29)31)27(25)23-14-13-22(16-26(23)30)21-7-4-3-5-8-21/h3-13,15-16H,17H2,1-2H3,(H2,29,31). The third-order valence-corrected chi connectivity index (χ3v) is 6.08. The highest BCUT2D eigenvalue weighted by atomic mass is 16.1. The number of fused-ring (bicyclic) bond motifs is 3. The van der Waals surface area contributed by atoms with E-state index >= 15 is 0 Å². The van der Waals surface area contributed by atoms with Gasteiger partial charge in [-0.05, 0) is 72.0 Å². The molecular weight excluding hydrogens is 380 g/mol. The fourth-order valence-corrected chi connectivity index (χ4v) is 4.31. The van der Waals surface area contributed by atoms with Crippen molar-refractivity contribution in [3.05, 3.63) is 107 Å². The van der Waals surface area contributed by atoms with E-state index in [4.69, 9.17) is 5.73 Å². The van der Waals surface area contributed by atoms with Crippen LogP contribution in [-0.2, 0) is 6.54 Å². The van der Waals surface area contributed by atoms with Crippen molar-refractivity contribution in [2.75, 3.05) is 0 Å². The summed E-state index contributed by atoms with van der Waals surface area (Å²) in [6, 6.07) is 30.2. The molecule has 0 spiro atoms. The van der Waals surface area contributed by atoms with E-state index in [1.165, 1.54) is 16.7 Å². The van der Waals surface area contributed by atoms with Crippen LogP contribution in [0.1, 0.15) is 27.0 Å². The van der Waals surface area contributed by atoms with E-state index in [1.54, 1.807) is 6.07 Å². The van der Waals surface area contributed by atoms with Crippen LogP contribution in [-0.4, -0.2) is 10.5 Å². The molecule has 5 rings (SSSR count). The van der Waals surface area contributed by atoms with E-state index in [1.807, 2.05) is 30.3 Å². The van der Waals surface area contributed by atoms with Gasteiger partial charge in [0.25, 0.3) is 0 Å². The van der Waals surface area contributed by atoms with Crippen LogP contribution in [0.5, 0.6) is 0 Å². The van der Waals surface area contributed by atoms with E-state index in [0.29, 0.717) is 12.1 Å². The molecule has 3 nitrogen and oxygen atoms in total. The Bertz CT molecular complexity index is 1440. The number of rotatable bonds is 4. The topological polar surface area (TPSA) is 48.0 Å². The molecule has 0 fully saturated rings. The van der Waals surface area contributed by atoms with Crippen LogP contribution in [0.2, 0.25) is 0 Å². The number of hydrogen-bond donors (Lipinski definition) is 1. The van der Waals surface area contributed by atoms with Crippen LogP contribution in [0.25, 0.3) is 32.9 Å². The van der Waals surface area contributed by atoms with Gasteiger partial charge in [-0.25, -0.2) is 0 Å². The lowest BCUT2D eigenvalue weighted by atomic mass is 10.0. The molecule has 1 heterocycles. The number of carbonyl (C=O) groups excluding carboxylic acids is 1. The molecule has 0 aliphatic heterocycles. The molecule has 151 valence electrons. The van der Waals surface area contributed by atoms with Gasteiger partial charge in [0.05, 0.1) is 11.0 Å². The number of amides is 1. The van der Waals surface area contributed by atoms with Crippen LogP contribution in [0, 0.1) is 19.9 Å². The summed E-state index contributed by atoms with van der Waals surface area (Å²) in [5.74, 6) is -0.420. The Balaban J connectivity index is 1.80. The lowest BCUT2D eigenvalue weighted by Gasteiger charge is -2.11. The summed E-state index contributed by atoms with van der Waals surface area (Å²) >= 11 is 0. The number of aromatic nitrogens is 1. The van der Waals surface area contributed by atoms with Crippen LogP contribution >= 0.6 is 0 Å². The van der Waals surface area contributed by atoms with Crippen molar-refractivity contribution in [3.8, 4) is 11.1 Å². The molecule has 0 unspecified atom stereocenters. The van der Waals surface area contributed by atoms with E-state index < -0.39 is 5.91 Å². The number of nitrogens with two attached hydrogens (primary N) is 1. The summed E-state index contributed by atoms with van der Waals surface area (Å²) in [6.07, 6.45) is 0. The first-order chi connectivity index (χ1) is 15.0. The molecule has 4 aromatic carbocycles. The smallest absolute Gasteiger partial charge is 0.249 e. The maximum absolute atomic E-state index is 12.2. The number of hydrogen-bond acceptors (Lipinski definition) is 1. The van der Waals surface area contributed by atoms with Crippen molar-refractivity contribution in [1.82, 2.24) is 4.57 Å². The van der Waals surface area contributed by atoms with Crippen LogP contribution in [0.15, 0.2) is 78.9 Å². The molecule has 1 aromatic heterocycles. The number of nitrogens with zero attached hydrogens (tertiary/aromatic N) is 1. The Hall–Kier alpha value is -3.85. The summed E-state index contributed by atoms with van der Waals surface area (Å²) in [4.78, 5) is 12.2. The third-order valence-electron chi connectivity index (χ3n) is 6.08. The van der Waals surface area contributed by atoms with Gasteiger partial charge in [-0.15, -0.1) is 0 Å². The second kappa shape index (κ2) is 7.44. The van der Waals surface area contributed by atoms with Crippen LogP contribution in [0.4, 0.5) is 0 Å². The monoisotopic (exact) mass is 403 g/mol. The SMILES string of the molecule is Cc1ccc(Cn2c3cc(-c4ccccc4)c[c]c3c3c(C(N)=O)cccc32)cc1C. The molecule has 0 aliphatic carbocycles. The Kier molecular flexibility index (Phi) is 4.59. The molecule has 5 aromatic rings. The van der Waals surface area contributed by atoms with Gasteiger partial charge in [-0.2, -0.15) is 0 Å². The average molecular weight is 404 g/mol. The fraction of sp³-hybridized carbons (Fsp3) is 0.107. The lowest BCUT2D eigenvalue weighted by molar-refractivity contribution is 0.100. The van der Waals surface area contributed by atoms with Gasteiger partial charge < -0.3 is 10.3 Å². The first-order valence-corrected chi connectivity index (χ1v) is 10.4. The van der Waals surface area contributed by atoms with Gasteiger partial charge in [0.1, 0.15) is 0 Å². The zero-order chi connectivity index (χ0) is 21.5. The third kappa shape index (κ3) is 3.28. The number of aryl methyl sites for hydroxylation is 2. The minimum atomic E-state index is -0.420. The maximum atomic E-state index is 12.2. The van der Waals surface area contributed by atoms with E-state index in [2.05, 4.69) is 66.9 Å². The molecule has 0 bridgehead atoms. The van der Waals surface area contributed by atoms with Crippen LogP contribution < -0.4 is 5.73 Å². The van der Waals surface area contributed by atoms with Crippen molar-refractivity contribution in [3.63, 3.8) is 0 Å². The fourth-order valence-electron chi connectivity index (χ4n) is 4.31. The first kappa shape index (κ1) is 19.1. The van der Waals surface area contributed by atoms with Crippen molar-refractivity contribution >= 4 is 27.7 Å². The van der Waals surface area contributed by atoms with Crippen molar-refractivity contribution in [2.45, 2.75) is 20.4 Å². The predicted molar refractivity (Wildman–Crippen MR) is 127 cm³/mol. The normalized spacial score (nSPS) is 11.3. The predicted octanol–water partition coefficient (Wildman–Crippen LogP) is 6.03. The summed E-state index contributed by atoms with van der Waals surface area (Å²) in [5, 5.41) is 1.79. The molecule has 0 saturated carbocycles. The summed E-state index contributed by atoms with van der Waals surface area (Å²) < 4.78 is 2.27. The largest absolute Gasteiger partial charge is 0.366 e. The van der Waals surface area contributed by atoms with E-state index in [-0.39, 0.29) is 0 Å². The van der Waals surface area contributed by atoms with Crippen molar-refractivity contribution in [1.29, 1.82) is 0 Å². The molecule has 2 N–H and O–H groups in total. The number of primary amides is 1. The molecule has 3 heteroatoms. The highest BCUT2D eigenvalue weighted by Gasteiger charge is 2.17. The van der Waals surface area contributed by atoms with E-state index in [9.17, 15) is 4.79 Å². The van der Waals surface area contributed by atoms with Gasteiger partial charge in [0.15, 0.2) is 0 Å². The second-order valence-corrected chi connectivity index (χ2v) is 8.08. The summed E-state index contributed by atoms with van der Waals surface area (Å²) in [5.41, 5.74) is 14.3. The molecule has 31 heavy (non-hydrogen) atoms. The highest BCUT2D eigenvalue weighted by Crippen LogP contribution is 2.34. The summed E-state index contributed by atoms with van der Waals surface area (Å²) in [6.45, 7) is 4.96. The van der Waals surface area contributed by atoms with Gasteiger partial charge in [-0.1, -0.05) is 54.6 Å². The lowest BCUT2D eigenvalue weighted by Crippen LogP contribution is -2.11. The van der Waals surface area contributed by atoms with Gasteiger partial charge in [0.2, 0.25) is 5.91 Å². The molecule has 1 amide bonds. The van der Waals surface area contributed by atoms with Gasteiger partial charge in [0, 0.05) is 22.9 Å². The van der Waals surface area contributed by atoms with Gasteiger partial charge in [-0.3, -0.25) is 4.79 Å². The highest BCUT2D eigenvalue weighted by molar-refractivity contribution is 6.18. The molecular formula is C28H23N2O. The second-order valence-electron chi connectivity index (χ2n) is 8.08. The minimum Gasteiger partial charge on any atom is -0.366 e. The Morgan fingerprint density at radius 1 is 0.871 bits per heavy atom. The number of benzene rings is 4. The average Bonchev–Trinajstić information content (AvgIpc) is 3.10.